The fourth-order valence-corrected chi connectivity index (χ4v) is 6.50. The Labute approximate surface area is 224 Å². The number of fused-ring (bicyclic) bond motifs is 2. The zero-order valence-corrected chi connectivity index (χ0v) is 21.7. The minimum absolute atomic E-state index is 0.0123. The average molecular weight is 540 g/mol. The van der Waals surface area contributed by atoms with Gasteiger partial charge in [-0.15, -0.1) is 0 Å². The minimum Gasteiger partial charge on any atom is -0.457 e. The van der Waals surface area contributed by atoms with Gasteiger partial charge in [0.2, 0.25) is 0 Å². The summed E-state index contributed by atoms with van der Waals surface area (Å²) >= 11 is 0. The van der Waals surface area contributed by atoms with Gasteiger partial charge in [0.1, 0.15) is 11.5 Å². The summed E-state index contributed by atoms with van der Waals surface area (Å²) in [6, 6.07) is 27.5. The van der Waals surface area contributed by atoms with Crippen molar-refractivity contribution in [1.29, 1.82) is 0 Å². The predicted octanol–water partition coefficient (Wildman–Crippen LogP) is 5.00. The Balaban J connectivity index is 1.42. The Hall–Kier alpha value is -4.63. The van der Waals surface area contributed by atoms with Gasteiger partial charge in [-0.1, -0.05) is 42.5 Å². The number of H-pyrrole nitrogens is 1. The summed E-state index contributed by atoms with van der Waals surface area (Å²) in [4.78, 5) is 28.7. The van der Waals surface area contributed by atoms with Crippen LogP contribution in [0.2, 0.25) is 0 Å². The maximum Gasteiger partial charge on any atom is 0.333 e. The minimum atomic E-state index is -4.04. The van der Waals surface area contributed by atoms with Gasteiger partial charge in [-0.2, -0.15) is 0 Å². The molecule has 0 aliphatic carbocycles. The number of benzene rings is 4. The summed E-state index contributed by atoms with van der Waals surface area (Å²) in [7, 11) is -4.04. The molecule has 1 aliphatic rings. The zero-order chi connectivity index (χ0) is 27.0. The molecular weight excluding hydrogens is 514 g/mol. The maximum absolute atomic E-state index is 14.0. The number of ether oxygens (including phenoxy) is 1. The molecule has 0 amide bonds. The van der Waals surface area contributed by atoms with E-state index in [-0.39, 0.29) is 10.6 Å². The van der Waals surface area contributed by atoms with Crippen LogP contribution in [0, 0.1) is 0 Å². The van der Waals surface area contributed by atoms with Crippen LogP contribution in [0.5, 0.6) is 11.5 Å². The lowest BCUT2D eigenvalue weighted by molar-refractivity contribution is 0.482. The molecule has 0 fully saturated rings. The summed E-state index contributed by atoms with van der Waals surface area (Å²) in [5.74, 6) is 1.18. The smallest absolute Gasteiger partial charge is 0.333 e. The molecule has 196 valence electrons. The van der Waals surface area contributed by atoms with Gasteiger partial charge in [-0.05, 0) is 73.4 Å². The second-order valence-electron chi connectivity index (χ2n) is 9.35. The van der Waals surface area contributed by atoms with Crippen molar-refractivity contribution in [1.82, 2.24) is 9.55 Å². The van der Waals surface area contributed by atoms with E-state index in [1.165, 1.54) is 22.5 Å². The molecule has 8 nitrogen and oxygen atoms in total. The normalized spacial score (nSPS) is 13.6. The van der Waals surface area contributed by atoms with Crippen LogP contribution in [0.1, 0.15) is 18.4 Å². The average Bonchev–Trinajstić information content (AvgIpc) is 3.16. The second-order valence-corrected chi connectivity index (χ2v) is 11.2. The number of hydrogen-bond donors (Lipinski definition) is 1. The summed E-state index contributed by atoms with van der Waals surface area (Å²) in [6.45, 7) is 0.296. The van der Waals surface area contributed by atoms with Crippen molar-refractivity contribution >= 4 is 26.6 Å². The van der Waals surface area contributed by atoms with Gasteiger partial charge in [0.15, 0.2) is 0 Å². The molecule has 4 aromatic carbocycles. The molecule has 1 aromatic heterocycles. The number of rotatable bonds is 5. The molecule has 0 unspecified atom stereocenters. The van der Waals surface area contributed by atoms with Gasteiger partial charge >= 0.3 is 5.69 Å². The Morgan fingerprint density at radius 3 is 2.41 bits per heavy atom. The number of hydrogen-bond acceptors (Lipinski definition) is 5. The highest BCUT2D eigenvalue weighted by Gasteiger charge is 2.29. The van der Waals surface area contributed by atoms with Crippen molar-refractivity contribution in [2.45, 2.75) is 24.2 Å². The lowest BCUT2D eigenvalue weighted by Gasteiger charge is -2.25. The number of nitrogens with zero attached hydrogens (tertiary/aromatic N) is 2. The second kappa shape index (κ2) is 9.92. The molecule has 1 N–H and O–H groups in total. The van der Waals surface area contributed by atoms with Crippen LogP contribution in [0.4, 0.5) is 5.69 Å². The highest BCUT2D eigenvalue weighted by molar-refractivity contribution is 7.92. The standard InChI is InChI=1S/C30H25N3O5S/c34-29-26-14-4-5-15-27(26)31-30(35)33(29)22-10-8-13-25(19-22)39(36,37)32-18-7-6-9-21-16-17-24(20-28(21)32)38-23-11-2-1-3-12-23/h1-5,8,10-17,19-20H,6-7,9,18H2,(H,31,35). The number of nitrogens with one attached hydrogen (secondary N) is 1. The van der Waals surface area contributed by atoms with Crippen molar-refractivity contribution in [3.05, 3.63) is 123 Å². The topological polar surface area (TPSA) is 101 Å². The third-order valence-electron chi connectivity index (χ3n) is 6.83. The number of aromatic amines is 1. The molecule has 0 radical (unpaired) electrons. The monoisotopic (exact) mass is 539 g/mol. The largest absolute Gasteiger partial charge is 0.457 e. The van der Waals surface area contributed by atoms with Crippen molar-refractivity contribution in [3.63, 3.8) is 0 Å². The van der Waals surface area contributed by atoms with E-state index >= 15 is 0 Å². The molecule has 2 heterocycles. The first kappa shape index (κ1) is 24.7. The third-order valence-corrected chi connectivity index (χ3v) is 8.64. The number of anilines is 1. The van der Waals surface area contributed by atoms with E-state index in [1.807, 2.05) is 42.5 Å². The summed E-state index contributed by atoms with van der Waals surface area (Å²) in [5, 5.41) is 0.331. The quantitative estimate of drug-likeness (QED) is 0.339. The number of aromatic nitrogens is 2. The van der Waals surface area contributed by atoms with Crippen LogP contribution in [-0.4, -0.2) is 24.5 Å². The van der Waals surface area contributed by atoms with Crippen molar-refractivity contribution < 1.29 is 13.2 Å². The van der Waals surface area contributed by atoms with Crippen LogP contribution >= 0.6 is 0 Å². The van der Waals surface area contributed by atoms with E-state index < -0.39 is 21.3 Å². The van der Waals surface area contributed by atoms with Gasteiger partial charge in [0.25, 0.3) is 15.6 Å². The molecule has 39 heavy (non-hydrogen) atoms. The Kier molecular flexibility index (Phi) is 6.28. The van der Waals surface area contributed by atoms with E-state index in [1.54, 1.807) is 36.4 Å². The van der Waals surface area contributed by atoms with Gasteiger partial charge in [0.05, 0.1) is 27.2 Å². The highest BCUT2D eigenvalue weighted by Crippen LogP contribution is 2.35. The van der Waals surface area contributed by atoms with Gasteiger partial charge in [-0.25, -0.2) is 17.8 Å². The van der Waals surface area contributed by atoms with Crippen molar-refractivity contribution in [2.75, 3.05) is 10.8 Å². The van der Waals surface area contributed by atoms with Crippen molar-refractivity contribution in [3.8, 4) is 17.2 Å². The Bertz CT molecular complexity index is 1910. The van der Waals surface area contributed by atoms with E-state index in [4.69, 9.17) is 4.74 Å². The lowest BCUT2D eigenvalue weighted by Crippen LogP contribution is -2.34. The number of sulfonamides is 1. The predicted molar refractivity (Wildman–Crippen MR) is 151 cm³/mol. The fraction of sp³-hybridized carbons (Fsp3) is 0.133. The van der Waals surface area contributed by atoms with E-state index in [0.717, 1.165) is 23.0 Å². The highest BCUT2D eigenvalue weighted by atomic mass is 32.2. The van der Waals surface area contributed by atoms with Crippen molar-refractivity contribution in [2.24, 2.45) is 0 Å². The zero-order valence-electron chi connectivity index (χ0n) is 20.9. The van der Waals surface area contributed by atoms with E-state index in [9.17, 15) is 18.0 Å². The number of para-hydroxylation sites is 2. The molecule has 9 heteroatoms. The molecule has 0 saturated carbocycles. The maximum atomic E-state index is 14.0. The van der Waals surface area contributed by atoms with Crippen LogP contribution in [-0.2, 0) is 16.4 Å². The molecule has 5 aromatic rings. The SMILES string of the molecule is O=c1[nH]c2ccccc2c(=O)n1-c1cccc(S(=O)(=O)N2CCCCc3ccc(Oc4ccccc4)cc32)c1. The molecule has 0 saturated heterocycles. The third kappa shape index (κ3) is 4.61. The molecule has 6 rings (SSSR count). The first-order valence-corrected chi connectivity index (χ1v) is 14.1. The van der Waals surface area contributed by atoms with Crippen LogP contribution < -0.4 is 20.3 Å². The Morgan fingerprint density at radius 1 is 0.769 bits per heavy atom. The van der Waals surface area contributed by atoms with Crippen LogP contribution in [0.3, 0.4) is 0 Å². The van der Waals surface area contributed by atoms with Gasteiger partial charge in [-0.3, -0.25) is 9.10 Å². The fourth-order valence-electron chi connectivity index (χ4n) is 4.92. The summed E-state index contributed by atoms with van der Waals surface area (Å²) in [6.07, 6.45) is 2.28. The first-order chi connectivity index (χ1) is 18.9. The molecule has 0 bridgehead atoms. The lowest BCUT2D eigenvalue weighted by atomic mass is 10.1. The van der Waals surface area contributed by atoms with Gasteiger partial charge in [0, 0.05) is 12.6 Å². The van der Waals surface area contributed by atoms with E-state index in [2.05, 4.69) is 4.98 Å². The molecule has 1 aliphatic heterocycles. The van der Waals surface area contributed by atoms with Crippen LogP contribution in [0.25, 0.3) is 16.6 Å². The summed E-state index contributed by atoms with van der Waals surface area (Å²) < 4.78 is 36.5. The van der Waals surface area contributed by atoms with Gasteiger partial charge < -0.3 is 9.72 Å². The molecule has 0 atom stereocenters. The molecule has 0 spiro atoms. The first-order valence-electron chi connectivity index (χ1n) is 12.6. The van der Waals surface area contributed by atoms with Crippen LogP contribution in [0.15, 0.2) is 112 Å². The summed E-state index contributed by atoms with van der Waals surface area (Å²) in [5.41, 5.74) is 0.899. The molecular formula is C30H25N3O5S. The number of aryl methyl sites for hydroxylation is 1. The van der Waals surface area contributed by atoms with E-state index in [0.29, 0.717) is 41.1 Å². The Morgan fingerprint density at radius 2 is 1.56 bits per heavy atom.